The molecule has 4 rings (SSSR count). The molecule has 0 spiro atoms. The average Bonchev–Trinajstić information content (AvgIpc) is 3.27. The average molecular weight is 371 g/mol. The van der Waals surface area contributed by atoms with Crippen molar-refractivity contribution >= 4 is 17.9 Å². The Hall–Kier alpha value is -1.09. The van der Waals surface area contributed by atoms with Gasteiger partial charge in [-0.3, -0.25) is 4.79 Å². The first kappa shape index (κ1) is 19.7. The number of carboxylic acid groups (broad SMARTS) is 1. The maximum absolute atomic E-state index is 12.4. The molecule has 3 amide bonds. The van der Waals surface area contributed by atoms with Gasteiger partial charge in [0.15, 0.2) is 0 Å². The van der Waals surface area contributed by atoms with Crippen molar-refractivity contribution in [2.24, 2.45) is 11.8 Å². The number of fused-ring (bicyclic) bond motifs is 3. The minimum Gasteiger partial charge on any atom is -0.543 e. The zero-order chi connectivity index (χ0) is 17.9. The zero-order valence-corrected chi connectivity index (χ0v) is 17.0. The molecule has 5 atom stereocenters. The third-order valence-corrected chi connectivity index (χ3v) is 5.83. The fourth-order valence-corrected chi connectivity index (χ4v) is 4.64. The molecule has 3 fully saturated rings. The molecule has 26 heavy (non-hydrogen) atoms. The van der Waals surface area contributed by atoms with Crippen molar-refractivity contribution in [2.45, 2.75) is 63.3 Å². The van der Waals surface area contributed by atoms with Gasteiger partial charge < -0.3 is 30.5 Å². The van der Waals surface area contributed by atoms with E-state index in [2.05, 4.69) is 10.6 Å². The van der Waals surface area contributed by atoms with E-state index < -0.39 is 24.0 Å². The van der Waals surface area contributed by atoms with Crippen LogP contribution in [-0.2, 0) is 9.59 Å². The smallest absolute Gasteiger partial charge is 0.543 e. The Kier molecular flexibility index (Phi) is 5.40. The van der Waals surface area contributed by atoms with Crippen molar-refractivity contribution < 1.29 is 54.2 Å². The number of nitrogens with zero attached hydrogens (tertiary/aromatic N) is 1. The van der Waals surface area contributed by atoms with Crippen LogP contribution in [0.1, 0.15) is 39.0 Å². The Morgan fingerprint density at radius 3 is 2.50 bits per heavy atom. The summed E-state index contributed by atoms with van der Waals surface area (Å²) in [7, 11) is 0. The van der Waals surface area contributed by atoms with Crippen LogP contribution < -0.4 is 45.3 Å². The second-order valence-corrected chi connectivity index (χ2v) is 7.54. The van der Waals surface area contributed by atoms with E-state index in [9.17, 15) is 24.6 Å². The summed E-state index contributed by atoms with van der Waals surface area (Å²) in [6.45, 7) is 1.55. The van der Waals surface area contributed by atoms with Crippen LogP contribution in [0.4, 0.5) is 4.79 Å². The number of hydrogen-bond donors (Lipinski definition) is 3. The number of β-lactam (4-membered cyclic amide) rings is 1. The van der Waals surface area contributed by atoms with Gasteiger partial charge in [-0.25, -0.2) is 4.79 Å². The van der Waals surface area contributed by atoms with Crippen molar-refractivity contribution in [3.05, 3.63) is 11.3 Å². The standard InChI is InChI=1S/C17H23N3O5.Na/c1-7(21)11-13-9-3-2-4-10(19-17(25)18-8-5-6-8)12(9)14(16(23)24)20(13)15(11)22;/h7-11,13,21H,2-6H2,1H3,(H,23,24)(H2,18,19,25);/q;+1/p-1/t7?,9-,10-,11+,13+;/m0./s1. The number of carboxylic acids is 1. The quantitative estimate of drug-likeness (QED) is 0.342. The summed E-state index contributed by atoms with van der Waals surface area (Å²) in [6, 6.07) is -0.852. The molecule has 2 saturated carbocycles. The van der Waals surface area contributed by atoms with Crippen molar-refractivity contribution in [3.8, 4) is 0 Å². The van der Waals surface area contributed by atoms with Gasteiger partial charge in [-0.2, -0.15) is 0 Å². The Bertz CT molecular complexity index is 675. The van der Waals surface area contributed by atoms with Gasteiger partial charge in [-0.05, 0) is 38.2 Å². The molecule has 1 saturated heterocycles. The molecule has 2 aliphatic heterocycles. The number of nitrogens with one attached hydrogen (secondary N) is 2. The molecule has 0 radical (unpaired) electrons. The first-order valence-corrected chi connectivity index (χ1v) is 8.93. The van der Waals surface area contributed by atoms with Crippen molar-refractivity contribution in [2.75, 3.05) is 0 Å². The van der Waals surface area contributed by atoms with E-state index in [1.807, 2.05) is 0 Å². The Morgan fingerprint density at radius 2 is 1.92 bits per heavy atom. The number of rotatable bonds is 4. The predicted molar refractivity (Wildman–Crippen MR) is 83.7 cm³/mol. The summed E-state index contributed by atoms with van der Waals surface area (Å²) in [5, 5.41) is 27.4. The zero-order valence-electron chi connectivity index (χ0n) is 15.0. The van der Waals surface area contributed by atoms with Crippen LogP contribution in [-0.4, -0.2) is 52.1 Å². The van der Waals surface area contributed by atoms with Crippen LogP contribution in [0.5, 0.6) is 0 Å². The second kappa shape index (κ2) is 7.14. The van der Waals surface area contributed by atoms with Crippen molar-refractivity contribution in [1.29, 1.82) is 0 Å². The molecule has 8 nitrogen and oxygen atoms in total. The summed E-state index contributed by atoms with van der Waals surface area (Å²) in [4.78, 5) is 37.5. The minimum absolute atomic E-state index is 0. The van der Waals surface area contributed by atoms with Crippen molar-refractivity contribution in [1.82, 2.24) is 15.5 Å². The molecule has 0 aromatic rings. The number of aliphatic hydroxyl groups excluding tert-OH is 1. The van der Waals surface area contributed by atoms with Crippen LogP contribution in [0.2, 0.25) is 0 Å². The van der Waals surface area contributed by atoms with Crippen LogP contribution in [0.15, 0.2) is 11.3 Å². The van der Waals surface area contributed by atoms with Gasteiger partial charge in [0.25, 0.3) is 0 Å². The first-order chi connectivity index (χ1) is 11.9. The summed E-state index contributed by atoms with van der Waals surface area (Å²) in [5.41, 5.74) is 0.479. The predicted octanol–water partition coefficient (Wildman–Crippen LogP) is -4.15. The molecular formula is C17H22N3NaO5. The molecule has 0 aromatic carbocycles. The van der Waals surface area contributed by atoms with E-state index >= 15 is 0 Å². The van der Waals surface area contributed by atoms with Gasteiger partial charge in [0, 0.05) is 12.0 Å². The molecule has 136 valence electrons. The van der Waals surface area contributed by atoms with Crippen LogP contribution in [0, 0.1) is 11.8 Å². The number of urea groups is 1. The monoisotopic (exact) mass is 371 g/mol. The van der Waals surface area contributed by atoms with Gasteiger partial charge in [0.2, 0.25) is 5.91 Å². The molecule has 0 bridgehead atoms. The maximum Gasteiger partial charge on any atom is 1.00 e. The first-order valence-electron chi connectivity index (χ1n) is 8.93. The van der Waals surface area contributed by atoms with E-state index in [1.54, 1.807) is 6.92 Å². The number of hydrogen-bond acceptors (Lipinski definition) is 5. The SMILES string of the molecule is CC(O)[C@H]1C(=O)N2C(C(=O)[O-])=C3[C@@H](NC(=O)NC4CC4)CCC[C@@H]3[C@H]12.[Na+]. The Morgan fingerprint density at radius 1 is 1.23 bits per heavy atom. The molecule has 1 unspecified atom stereocenters. The van der Waals surface area contributed by atoms with E-state index in [4.69, 9.17) is 0 Å². The summed E-state index contributed by atoms with van der Waals surface area (Å²) in [6.07, 6.45) is 3.31. The number of carbonyl (C=O) groups excluding carboxylic acids is 3. The van der Waals surface area contributed by atoms with Crippen LogP contribution in [0.3, 0.4) is 0 Å². The maximum atomic E-state index is 12.4. The van der Waals surface area contributed by atoms with E-state index in [-0.39, 0.29) is 65.2 Å². The molecular weight excluding hydrogens is 349 g/mol. The van der Waals surface area contributed by atoms with E-state index in [0.29, 0.717) is 12.0 Å². The van der Waals surface area contributed by atoms with Crippen molar-refractivity contribution in [3.63, 3.8) is 0 Å². The van der Waals surface area contributed by atoms with E-state index in [0.717, 1.165) is 25.7 Å². The number of carbonyl (C=O) groups is 3. The van der Waals surface area contributed by atoms with Gasteiger partial charge in [0.1, 0.15) is 0 Å². The fraction of sp³-hybridized carbons (Fsp3) is 0.706. The summed E-state index contributed by atoms with van der Waals surface area (Å²) in [5.74, 6) is -2.50. The molecule has 3 N–H and O–H groups in total. The van der Waals surface area contributed by atoms with E-state index in [1.165, 1.54) is 4.90 Å². The minimum atomic E-state index is -1.39. The summed E-state index contributed by atoms with van der Waals surface area (Å²) < 4.78 is 0. The Labute approximate surface area is 173 Å². The molecule has 9 heteroatoms. The van der Waals surface area contributed by atoms with Gasteiger partial charge in [-0.1, -0.05) is 6.42 Å². The largest absolute Gasteiger partial charge is 1.00 e. The normalized spacial score (nSPS) is 33.5. The molecule has 4 aliphatic rings. The molecule has 2 heterocycles. The Balaban J connectivity index is 0.00000196. The van der Waals surface area contributed by atoms with Gasteiger partial charge in [0.05, 0.1) is 35.8 Å². The molecule has 2 aliphatic carbocycles. The van der Waals surface area contributed by atoms with Gasteiger partial charge >= 0.3 is 35.6 Å². The fourth-order valence-electron chi connectivity index (χ4n) is 4.64. The van der Waals surface area contributed by atoms with Crippen LogP contribution >= 0.6 is 0 Å². The number of amides is 3. The second-order valence-electron chi connectivity index (χ2n) is 7.54. The van der Waals surface area contributed by atoms with Gasteiger partial charge in [-0.15, -0.1) is 0 Å². The number of aliphatic carboxylic acids is 1. The van der Waals surface area contributed by atoms with Crippen LogP contribution in [0.25, 0.3) is 0 Å². The molecule has 0 aromatic heterocycles. The third-order valence-electron chi connectivity index (χ3n) is 5.83. The topological polar surface area (TPSA) is 122 Å². The summed E-state index contributed by atoms with van der Waals surface area (Å²) >= 11 is 0. The number of aliphatic hydroxyl groups is 1. The third kappa shape index (κ3) is 3.06.